The molecule has 162 valence electrons. The Labute approximate surface area is 186 Å². The maximum absolute atomic E-state index is 5.39. The molecule has 0 fully saturated rings. The summed E-state index contributed by atoms with van der Waals surface area (Å²) >= 11 is 0. The Hall–Kier alpha value is -1.69. The van der Waals surface area contributed by atoms with Crippen molar-refractivity contribution in [3.63, 3.8) is 0 Å². The Morgan fingerprint density at radius 2 is 1.23 bits per heavy atom. The fourth-order valence-electron chi connectivity index (χ4n) is 3.79. The molecule has 0 saturated heterocycles. The summed E-state index contributed by atoms with van der Waals surface area (Å²) in [6.07, 6.45) is 20.4. The second kappa shape index (κ2) is 16.1. The molecule has 2 heteroatoms. The van der Waals surface area contributed by atoms with Crippen molar-refractivity contribution in [1.82, 2.24) is 0 Å². The van der Waals surface area contributed by atoms with E-state index in [1.165, 1.54) is 80.1 Å². The smallest absolute Gasteiger partial charge is 0.102 e. The van der Waals surface area contributed by atoms with E-state index in [1.807, 2.05) is 0 Å². The van der Waals surface area contributed by atoms with Gasteiger partial charge in [-0.25, -0.2) is 0 Å². The average molecular weight is 423 g/mol. The van der Waals surface area contributed by atoms with Crippen molar-refractivity contribution < 1.29 is 0 Å². The summed E-state index contributed by atoms with van der Waals surface area (Å²) in [5, 5.41) is 4.46. The van der Waals surface area contributed by atoms with Crippen LogP contribution < -0.4 is 16.3 Å². The van der Waals surface area contributed by atoms with Crippen molar-refractivity contribution in [3.05, 3.63) is 84.2 Å². The summed E-state index contributed by atoms with van der Waals surface area (Å²) in [5.41, 5.74) is 5.39. The summed E-state index contributed by atoms with van der Waals surface area (Å²) in [7, 11) is -0.826. The molecular formula is C28H41NP+. The monoisotopic (exact) mass is 422 g/mol. The Morgan fingerprint density at radius 3 is 1.70 bits per heavy atom. The van der Waals surface area contributed by atoms with Gasteiger partial charge in [0.05, 0.1) is 13.2 Å². The molecule has 1 nitrogen and oxygen atoms in total. The molecular weight excluding hydrogens is 381 g/mol. The molecule has 0 spiro atoms. The van der Waals surface area contributed by atoms with Gasteiger partial charge in [0.25, 0.3) is 0 Å². The summed E-state index contributed by atoms with van der Waals surface area (Å²) in [6.45, 7) is 3.13. The van der Waals surface area contributed by atoms with Gasteiger partial charge in [0.1, 0.15) is 10.6 Å². The molecule has 3 rings (SSSR count). The number of rotatable bonds is 11. The van der Waals surface area contributed by atoms with E-state index in [0.29, 0.717) is 0 Å². The third kappa shape index (κ3) is 9.41. The van der Waals surface area contributed by atoms with E-state index < -0.39 is 7.92 Å². The first-order chi connectivity index (χ1) is 14.9. The fourth-order valence-corrected chi connectivity index (χ4v) is 6.47. The van der Waals surface area contributed by atoms with Gasteiger partial charge in [-0.05, 0) is 62.2 Å². The molecule has 2 N–H and O–H groups in total. The van der Waals surface area contributed by atoms with Gasteiger partial charge < -0.3 is 5.73 Å². The van der Waals surface area contributed by atoms with E-state index in [2.05, 4.69) is 85.8 Å². The van der Waals surface area contributed by atoms with E-state index in [-0.39, 0.29) is 0 Å². The second-order valence-electron chi connectivity index (χ2n) is 8.01. The van der Waals surface area contributed by atoms with Gasteiger partial charge >= 0.3 is 0 Å². The van der Waals surface area contributed by atoms with Crippen LogP contribution >= 0.6 is 7.92 Å². The molecule has 0 heterocycles. The van der Waals surface area contributed by atoms with Crippen LogP contribution in [-0.2, 0) is 0 Å². The molecule has 0 aliphatic heterocycles. The summed E-state index contributed by atoms with van der Waals surface area (Å²) < 4.78 is 0. The van der Waals surface area contributed by atoms with Crippen LogP contribution in [0.25, 0.3) is 0 Å². The quantitative estimate of drug-likeness (QED) is 0.301. The molecule has 1 aliphatic rings. The lowest BCUT2D eigenvalue weighted by Crippen LogP contribution is -2.12. The minimum Gasteiger partial charge on any atom is -0.330 e. The molecule has 30 heavy (non-hydrogen) atoms. The molecule has 1 aliphatic carbocycles. The third-order valence-electron chi connectivity index (χ3n) is 5.47. The van der Waals surface area contributed by atoms with Crippen LogP contribution in [0.1, 0.15) is 71.1 Å². The van der Waals surface area contributed by atoms with E-state index >= 15 is 0 Å². The topological polar surface area (TPSA) is 26.0 Å². The Balaban J connectivity index is 0.000000252. The number of nitrogens with two attached hydrogens (primary N) is 1. The molecule has 0 aromatic heterocycles. The molecule has 0 amide bonds. The highest BCUT2D eigenvalue weighted by Gasteiger charge is 2.26. The predicted molar refractivity (Wildman–Crippen MR) is 139 cm³/mol. The normalized spacial score (nSPS) is 13.0. The second-order valence-corrected chi connectivity index (χ2v) is 10.5. The summed E-state index contributed by atoms with van der Waals surface area (Å²) in [5.74, 6) is 0. The summed E-state index contributed by atoms with van der Waals surface area (Å²) in [4.78, 5) is 0. The largest absolute Gasteiger partial charge is 0.330 e. The molecule has 0 bridgehead atoms. The SMILES string of the molecule is C1=CC([PH+](c2ccccc2)c2ccccc2)=CCC1.CCCCCCCCCCN. The highest BCUT2D eigenvalue weighted by molar-refractivity contribution is 7.77. The lowest BCUT2D eigenvalue weighted by atomic mass is 10.1. The molecule has 0 atom stereocenters. The van der Waals surface area contributed by atoms with Crippen LogP contribution in [0.4, 0.5) is 0 Å². The highest BCUT2D eigenvalue weighted by atomic mass is 31.1. The van der Waals surface area contributed by atoms with Crippen LogP contribution in [0.5, 0.6) is 0 Å². The van der Waals surface area contributed by atoms with E-state index in [9.17, 15) is 0 Å². The zero-order valence-corrected chi connectivity index (χ0v) is 19.9. The van der Waals surface area contributed by atoms with Crippen molar-refractivity contribution >= 4 is 18.5 Å². The van der Waals surface area contributed by atoms with Gasteiger partial charge in [-0.1, -0.05) is 94.3 Å². The maximum atomic E-state index is 5.39. The molecule has 2 aromatic rings. The number of allylic oxidation sites excluding steroid dienone is 4. The van der Waals surface area contributed by atoms with E-state index in [4.69, 9.17) is 5.73 Å². The minimum atomic E-state index is -0.826. The number of hydrogen-bond acceptors (Lipinski definition) is 1. The van der Waals surface area contributed by atoms with Gasteiger partial charge in [-0.2, -0.15) is 0 Å². The van der Waals surface area contributed by atoms with Crippen molar-refractivity contribution in [1.29, 1.82) is 0 Å². The average Bonchev–Trinajstić information content (AvgIpc) is 2.81. The third-order valence-corrected chi connectivity index (χ3v) is 8.24. The number of benzene rings is 2. The fraction of sp³-hybridized carbons (Fsp3) is 0.429. The molecule has 2 aromatic carbocycles. The van der Waals surface area contributed by atoms with Crippen LogP contribution in [0.15, 0.2) is 84.2 Å². The van der Waals surface area contributed by atoms with Crippen LogP contribution in [0, 0.1) is 0 Å². The van der Waals surface area contributed by atoms with Gasteiger partial charge in [0.15, 0.2) is 0 Å². The van der Waals surface area contributed by atoms with Gasteiger partial charge in [-0.3, -0.25) is 0 Å². The van der Waals surface area contributed by atoms with Gasteiger partial charge in [0.2, 0.25) is 0 Å². The molecule has 0 saturated carbocycles. The number of hydrogen-bond donors (Lipinski definition) is 1. The van der Waals surface area contributed by atoms with Crippen molar-refractivity contribution in [2.75, 3.05) is 6.54 Å². The van der Waals surface area contributed by atoms with Crippen LogP contribution in [0.2, 0.25) is 0 Å². The predicted octanol–water partition coefficient (Wildman–Crippen LogP) is 7.17. The zero-order chi connectivity index (χ0) is 21.3. The van der Waals surface area contributed by atoms with Gasteiger partial charge in [0, 0.05) is 0 Å². The van der Waals surface area contributed by atoms with E-state index in [0.717, 1.165) is 6.54 Å². The lowest BCUT2D eigenvalue weighted by Gasteiger charge is -2.13. The first-order valence-electron chi connectivity index (χ1n) is 11.9. The maximum Gasteiger partial charge on any atom is 0.102 e. The first kappa shape index (κ1) is 24.6. The Kier molecular flexibility index (Phi) is 13.2. The molecule has 0 unspecified atom stereocenters. The zero-order valence-electron chi connectivity index (χ0n) is 18.9. The van der Waals surface area contributed by atoms with Crippen LogP contribution in [0.3, 0.4) is 0 Å². The number of unbranched alkanes of at least 4 members (excludes halogenated alkanes) is 7. The van der Waals surface area contributed by atoms with Crippen molar-refractivity contribution in [2.45, 2.75) is 71.1 Å². The summed E-state index contributed by atoms with van der Waals surface area (Å²) in [6, 6.07) is 21.9. The first-order valence-corrected chi connectivity index (χ1v) is 13.4. The lowest BCUT2D eigenvalue weighted by molar-refractivity contribution is 0.578. The molecule has 0 radical (unpaired) electrons. The minimum absolute atomic E-state index is 0.826. The Morgan fingerprint density at radius 1 is 0.700 bits per heavy atom. The van der Waals surface area contributed by atoms with Crippen molar-refractivity contribution in [3.8, 4) is 0 Å². The van der Waals surface area contributed by atoms with E-state index in [1.54, 1.807) is 0 Å². The Bertz CT molecular complexity index is 673. The highest BCUT2D eigenvalue weighted by Crippen LogP contribution is 2.44. The van der Waals surface area contributed by atoms with Gasteiger partial charge in [-0.15, -0.1) is 0 Å². The van der Waals surface area contributed by atoms with Crippen LogP contribution in [-0.4, -0.2) is 6.54 Å². The van der Waals surface area contributed by atoms with Crippen molar-refractivity contribution in [2.24, 2.45) is 5.73 Å². The standard InChI is InChI=1S/C18H17P.C10H23N/c1-4-10-16(11-5-1)19(17-12-6-2-7-13-17)18-14-8-3-9-15-18;1-2-3-4-5-6-7-8-9-10-11/h1-2,4-8,10-15H,3,9H2;2-11H2,1H3/p+1.